The molecule has 2 aliphatic heterocycles. The number of amides is 1. The van der Waals surface area contributed by atoms with Crippen molar-refractivity contribution in [2.24, 2.45) is 0 Å². The summed E-state index contributed by atoms with van der Waals surface area (Å²) in [5.41, 5.74) is 1.01. The Bertz CT molecular complexity index is 606. The van der Waals surface area contributed by atoms with Gasteiger partial charge >= 0.3 is 0 Å². The highest BCUT2D eigenvalue weighted by molar-refractivity contribution is 5.76. The van der Waals surface area contributed by atoms with E-state index < -0.39 is 6.10 Å². The van der Waals surface area contributed by atoms with Gasteiger partial charge in [-0.25, -0.2) is 0 Å². The number of aliphatic hydroxyl groups excluding tert-OH is 1. The van der Waals surface area contributed by atoms with Crippen LogP contribution in [0.25, 0.3) is 0 Å². The fourth-order valence-electron chi connectivity index (χ4n) is 3.57. The van der Waals surface area contributed by atoms with Gasteiger partial charge in [-0.3, -0.25) is 4.79 Å². The maximum absolute atomic E-state index is 12.2. The Kier molecular flexibility index (Phi) is 6.13. The van der Waals surface area contributed by atoms with Crippen molar-refractivity contribution < 1.29 is 24.1 Å². The van der Waals surface area contributed by atoms with Gasteiger partial charge in [0.1, 0.15) is 18.0 Å². The normalized spacial score (nSPS) is 30.4. The molecule has 26 heavy (non-hydrogen) atoms. The van der Waals surface area contributed by atoms with Crippen molar-refractivity contribution in [3.8, 4) is 5.75 Å². The average molecular weight is 364 g/mol. The fourth-order valence-corrected chi connectivity index (χ4v) is 3.57. The summed E-state index contributed by atoms with van der Waals surface area (Å²) < 4.78 is 16.9. The highest BCUT2D eigenvalue weighted by Gasteiger charge is 2.50. The van der Waals surface area contributed by atoms with Crippen LogP contribution >= 0.6 is 0 Å². The number of hydrogen-bond donors (Lipinski definition) is 2. The number of aliphatic hydroxyl groups is 1. The molecule has 7 nitrogen and oxygen atoms in total. The maximum Gasteiger partial charge on any atom is 0.222 e. The van der Waals surface area contributed by atoms with Crippen LogP contribution in [0.5, 0.6) is 5.75 Å². The van der Waals surface area contributed by atoms with E-state index in [9.17, 15) is 9.90 Å². The Morgan fingerprint density at radius 1 is 1.31 bits per heavy atom. The van der Waals surface area contributed by atoms with Crippen LogP contribution in [0.1, 0.15) is 18.4 Å². The summed E-state index contributed by atoms with van der Waals surface area (Å²) in [6, 6.07) is 7.58. The van der Waals surface area contributed by atoms with Crippen LogP contribution in [0, 0.1) is 0 Å². The van der Waals surface area contributed by atoms with Crippen LogP contribution in [0.15, 0.2) is 24.3 Å². The minimum Gasteiger partial charge on any atom is -0.497 e. The molecule has 2 saturated heterocycles. The molecule has 0 spiro atoms. The van der Waals surface area contributed by atoms with E-state index in [4.69, 9.17) is 14.2 Å². The largest absolute Gasteiger partial charge is 0.497 e. The van der Waals surface area contributed by atoms with Crippen LogP contribution < -0.4 is 10.1 Å². The summed E-state index contributed by atoms with van der Waals surface area (Å²) in [5.74, 6) is 0.724. The molecule has 0 unspecified atom stereocenters. The van der Waals surface area contributed by atoms with E-state index in [0.29, 0.717) is 19.5 Å². The molecule has 0 radical (unpaired) electrons. The molecule has 1 aromatic carbocycles. The monoisotopic (exact) mass is 364 g/mol. The van der Waals surface area contributed by atoms with Crippen molar-refractivity contribution in [1.82, 2.24) is 10.2 Å². The van der Waals surface area contributed by atoms with Crippen LogP contribution in [-0.4, -0.2) is 74.2 Å². The highest BCUT2D eigenvalue weighted by atomic mass is 16.6. The Morgan fingerprint density at radius 3 is 2.65 bits per heavy atom. The number of methoxy groups -OCH3 is 1. The van der Waals surface area contributed by atoms with Crippen molar-refractivity contribution in [3.05, 3.63) is 29.8 Å². The van der Waals surface area contributed by atoms with Crippen molar-refractivity contribution in [3.63, 3.8) is 0 Å². The van der Waals surface area contributed by atoms with Crippen molar-refractivity contribution >= 4 is 5.91 Å². The van der Waals surface area contributed by atoms with E-state index >= 15 is 0 Å². The van der Waals surface area contributed by atoms with Crippen molar-refractivity contribution in [2.75, 3.05) is 27.7 Å². The van der Waals surface area contributed by atoms with Crippen molar-refractivity contribution in [2.45, 2.75) is 49.9 Å². The number of hydrogen-bond acceptors (Lipinski definition) is 6. The summed E-state index contributed by atoms with van der Waals surface area (Å²) in [6.45, 7) is 1.12. The summed E-state index contributed by atoms with van der Waals surface area (Å²) in [5, 5.41) is 13.3. The van der Waals surface area contributed by atoms with Gasteiger partial charge in [0.2, 0.25) is 5.91 Å². The third-order valence-electron chi connectivity index (χ3n) is 4.89. The summed E-state index contributed by atoms with van der Waals surface area (Å²) >= 11 is 0. The molecule has 2 aliphatic rings. The number of likely N-dealkylation sites (N-methyl/N-ethyl adjacent to an activating group) is 1. The summed E-state index contributed by atoms with van der Waals surface area (Å²) in [4.78, 5) is 14.2. The fraction of sp³-hybridized carbons (Fsp3) is 0.632. The first-order chi connectivity index (χ1) is 12.5. The molecule has 5 atom stereocenters. The molecule has 2 N–H and O–H groups in total. The second-order valence-electron chi connectivity index (χ2n) is 7.25. The average Bonchev–Trinajstić information content (AvgIpc) is 3.12. The molecular formula is C19H28N2O5. The lowest BCUT2D eigenvalue weighted by Gasteiger charge is -2.22. The van der Waals surface area contributed by atoms with Gasteiger partial charge in [0.05, 0.1) is 31.8 Å². The Balaban J connectivity index is 1.42. The minimum atomic E-state index is -0.644. The zero-order chi connectivity index (χ0) is 18.7. The molecule has 0 aliphatic carbocycles. The van der Waals surface area contributed by atoms with E-state index in [1.54, 1.807) is 7.11 Å². The smallest absolute Gasteiger partial charge is 0.222 e. The lowest BCUT2D eigenvalue weighted by atomic mass is 10.1. The van der Waals surface area contributed by atoms with Crippen LogP contribution in [0.4, 0.5) is 0 Å². The first-order valence-electron chi connectivity index (χ1n) is 8.99. The van der Waals surface area contributed by atoms with Crippen molar-refractivity contribution in [1.29, 1.82) is 0 Å². The van der Waals surface area contributed by atoms with E-state index in [0.717, 1.165) is 11.3 Å². The molecule has 1 aromatic rings. The molecule has 0 saturated carbocycles. The molecule has 2 heterocycles. The van der Waals surface area contributed by atoms with Gasteiger partial charge in [-0.15, -0.1) is 0 Å². The Morgan fingerprint density at radius 2 is 2.04 bits per heavy atom. The minimum absolute atomic E-state index is 0.0647. The number of rotatable bonds is 7. The topological polar surface area (TPSA) is 80.3 Å². The third-order valence-corrected chi connectivity index (χ3v) is 4.89. The van der Waals surface area contributed by atoms with Gasteiger partial charge in [-0.05, 0) is 31.8 Å². The Labute approximate surface area is 154 Å². The molecule has 3 rings (SSSR count). The first-order valence-corrected chi connectivity index (χ1v) is 8.99. The summed E-state index contributed by atoms with van der Waals surface area (Å²) in [7, 11) is 5.51. The standard InChI is InChI=1S/C19H28N2O5/c1-21(2)11-16-18(23)19-15(26-16)8-14(25-19)9-17(22)20-10-12-4-6-13(24-3)7-5-12/h4-7,14-16,18-19,23H,8-11H2,1-3H3,(H,20,22)/t14-,15+,16+,18+,19-/m0/s1. The third kappa shape index (κ3) is 4.54. The van der Waals surface area contributed by atoms with Crippen LogP contribution in [-0.2, 0) is 20.8 Å². The molecule has 144 valence electrons. The SMILES string of the molecule is COc1ccc(CNC(=O)C[C@@H]2C[C@H]3O[C@H](CN(C)C)[C@@H](O)[C@H]3O2)cc1. The number of carbonyl (C=O) groups excluding carboxylic acids is 1. The van der Waals surface area contributed by atoms with E-state index in [2.05, 4.69) is 5.32 Å². The predicted molar refractivity (Wildman–Crippen MR) is 96.0 cm³/mol. The van der Waals surface area contributed by atoms with E-state index in [-0.39, 0.29) is 36.7 Å². The second kappa shape index (κ2) is 8.35. The lowest BCUT2D eigenvalue weighted by molar-refractivity contribution is -0.125. The van der Waals surface area contributed by atoms with Crippen LogP contribution in [0.2, 0.25) is 0 Å². The molecule has 0 aromatic heterocycles. The number of carbonyl (C=O) groups is 1. The zero-order valence-corrected chi connectivity index (χ0v) is 15.6. The zero-order valence-electron chi connectivity index (χ0n) is 15.6. The van der Waals surface area contributed by atoms with Gasteiger partial charge in [-0.2, -0.15) is 0 Å². The van der Waals surface area contributed by atoms with Crippen LogP contribution in [0.3, 0.4) is 0 Å². The number of fused-ring (bicyclic) bond motifs is 1. The number of ether oxygens (including phenoxy) is 3. The van der Waals surface area contributed by atoms with Gasteiger partial charge in [0.25, 0.3) is 0 Å². The second-order valence-corrected chi connectivity index (χ2v) is 7.25. The van der Waals surface area contributed by atoms with Gasteiger partial charge in [0, 0.05) is 19.5 Å². The number of nitrogens with one attached hydrogen (secondary N) is 1. The highest BCUT2D eigenvalue weighted by Crippen LogP contribution is 2.35. The molecular weight excluding hydrogens is 336 g/mol. The predicted octanol–water partition coefficient (Wildman–Crippen LogP) is 0.549. The van der Waals surface area contributed by atoms with E-state index in [1.807, 2.05) is 43.3 Å². The lowest BCUT2D eigenvalue weighted by Crippen LogP contribution is -2.38. The number of nitrogens with zero attached hydrogens (tertiary/aromatic N) is 1. The van der Waals surface area contributed by atoms with Gasteiger partial charge in [-0.1, -0.05) is 12.1 Å². The first kappa shape index (κ1) is 19.1. The van der Waals surface area contributed by atoms with E-state index in [1.165, 1.54) is 0 Å². The summed E-state index contributed by atoms with van der Waals surface area (Å²) in [6.07, 6.45) is -0.636. The maximum atomic E-state index is 12.2. The quantitative estimate of drug-likeness (QED) is 0.736. The Hall–Kier alpha value is -1.67. The molecule has 7 heteroatoms. The number of benzene rings is 1. The molecule has 1 amide bonds. The van der Waals surface area contributed by atoms with Gasteiger partial charge in [0.15, 0.2) is 0 Å². The van der Waals surface area contributed by atoms with Gasteiger partial charge < -0.3 is 29.5 Å². The molecule has 2 fully saturated rings. The molecule has 0 bridgehead atoms.